The van der Waals surface area contributed by atoms with Gasteiger partial charge in [0.25, 0.3) is 5.56 Å². The summed E-state index contributed by atoms with van der Waals surface area (Å²) in [6.07, 6.45) is 3.34. The first-order valence-electron chi connectivity index (χ1n) is 8.94. The molecule has 1 aromatic carbocycles. The Morgan fingerprint density at radius 3 is 2.65 bits per heavy atom. The first-order chi connectivity index (χ1) is 12.5. The van der Waals surface area contributed by atoms with Gasteiger partial charge in [0.05, 0.1) is 12.3 Å². The molecule has 1 saturated heterocycles. The lowest BCUT2D eigenvalue weighted by Gasteiger charge is -2.29. The zero-order valence-corrected chi connectivity index (χ0v) is 14.8. The van der Waals surface area contributed by atoms with Crippen molar-refractivity contribution in [1.29, 1.82) is 0 Å². The lowest BCUT2D eigenvalue weighted by molar-refractivity contribution is 0.176. The summed E-state index contributed by atoms with van der Waals surface area (Å²) in [6.45, 7) is 5.99. The Labute approximate surface area is 151 Å². The van der Waals surface area contributed by atoms with E-state index in [1.807, 2.05) is 0 Å². The van der Waals surface area contributed by atoms with E-state index in [4.69, 9.17) is 4.74 Å². The SMILES string of the molecule is CC1CCN(CCCOc2ccc(=O)n(-c3ccc(F)c(F)c3)n2)CC1. The molecule has 0 N–H and O–H groups in total. The summed E-state index contributed by atoms with van der Waals surface area (Å²) < 4.78 is 33.1. The van der Waals surface area contributed by atoms with Crippen LogP contribution in [-0.2, 0) is 0 Å². The van der Waals surface area contributed by atoms with Crippen LogP contribution in [0.15, 0.2) is 35.1 Å². The van der Waals surface area contributed by atoms with Crippen molar-refractivity contribution in [3.63, 3.8) is 0 Å². The Morgan fingerprint density at radius 1 is 1.15 bits per heavy atom. The minimum absolute atomic E-state index is 0.154. The van der Waals surface area contributed by atoms with Gasteiger partial charge in [0, 0.05) is 24.7 Å². The van der Waals surface area contributed by atoms with Crippen LogP contribution in [0.25, 0.3) is 5.69 Å². The molecule has 1 aliphatic heterocycles. The fourth-order valence-corrected chi connectivity index (χ4v) is 3.02. The van der Waals surface area contributed by atoms with Crippen molar-refractivity contribution in [3.05, 3.63) is 52.3 Å². The van der Waals surface area contributed by atoms with E-state index < -0.39 is 17.2 Å². The van der Waals surface area contributed by atoms with Gasteiger partial charge in [0.2, 0.25) is 5.88 Å². The number of likely N-dealkylation sites (tertiary alicyclic amines) is 1. The highest BCUT2D eigenvalue weighted by atomic mass is 19.2. The van der Waals surface area contributed by atoms with Crippen LogP contribution in [0.5, 0.6) is 5.88 Å². The third kappa shape index (κ3) is 4.66. The van der Waals surface area contributed by atoms with Gasteiger partial charge in [-0.2, -0.15) is 4.68 Å². The Hall–Kier alpha value is -2.28. The second kappa shape index (κ2) is 8.40. The van der Waals surface area contributed by atoms with Crippen LogP contribution in [0, 0.1) is 17.6 Å². The number of halogens is 2. The quantitative estimate of drug-likeness (QED) is 0.741. The largest absolute Gasteiger partial charge is 0.477 e. The predicted molar refractivity (Wildman–Crippen MR) is 94.7 cm³/mol. The van der Waals surface area contributed by atoms with E-state index >= 15 is 0 Å². The second-order valence-electron chi connectivity index (χ2n) is 6.75. The molecule has 0 radical (unpaired) electrons. The van der Waals surface area contributed by atoms with Gasteiger partial charge in [-0.3, -0.25) is 4.79 Å². The van der Waals surface area contributed by atoms with Crippen LogP contribution in [0.2, 0.25) is 0 Å². The highest BCUT2D eigenvalue weighted by Crippen LogP contribution is 2.16. The number of hydrogen-bond acceptors (Lipinski definition) is 4. The van der Waals surface area contributed by atoms with Gasteiger partial charge in [-0.1, -0.05) is 6.92 Å². The van der Waals surface area contributed by atoms with Crippen LogP contribution in [-0.4, -0.2) is 40.9 Å². The van der Waals surface area contributed by atoms with Crippen LogP contribution in [0.4, 0.5) is 8.78 Å². The molecular formula is C19H23F2N3O2. The summed E-state index contributed by atoms with van der Waals surface area (Å²) in [7, 11) is 0. The summed E-state index contributed by atoms with van der Waals surface area (Å²) >= 11 is 0. The van der Waals surface area contributed by atoms with Gasteiger partial charge in [-0.15, -0.1) is 5.10 Å². The number of hydrogen-bond donors (Lipinski definition) is 0. The van der Waals surface area contributed by atoms with Crippen LogP contribution in [0.1, 0.15) is 26.2 Å². The Bertz CT molecular complexity index is 802. The summed E-state index contributed by atoms with van der Waals surface area (Å²) in [5.74, 6) is -0.912. The monoisotopic (exact) mass is 363 g/mol. The standard InChI is InChI=1S/C19H23F2N3O2/c1-14-7-10-23(11-8-14)9-2-12-26-18-5-6-19(25)24(22-18)15-3-4-16(20)17(21)13-15/h3-6,13-14H,2,7-12H2,1H3. The molecule has 1 aliphatic rings. The summed E-state index contributed by atoms with van der Waals surface area (Å²) in [5.41, 5.74) is -0.285. The normalized spacial score (nSPS) is 16.0. The molecule has 26 heavy (non-hydrogen) atoms. The molecule has 2 heterocycles. The number of rotatable bonds is 6. The summed E-state index contributed by atoms with van der Waals surface area (Å²) in [5, 5.41) is 4.09. The Balaban J connectivity index is 1.57. The molecule has 7 heteroatoms. The molecule has 0 atom stereocenters. The molecule has 3 rings (SSSR count). The van der Waals surface area contributed by atoms with Crippen LogP contribution >= 0.6 is 0 Å². The van der Waals surface area contributed by atoms with Crippen molar-refractivity contribution in [2.24, 2.45) is 5.92 Å². The fraction of sp³-hybridized carbons (Fsp3) is 0.474. The average Bonchev–Trinajstić information content (AvgIpc) is 2.64. The number of aromatic nitrogens is 2. The molecule has 0 spiro atoms. The third-order valence-electron chi connectivity index (χ3n) is 4.67. The molecule has 0 saturated carbocycles. The number of ether oxygens (including phenoxy) is 1. The molecule has 140 valence electrons. The minimum Gasteiger partial charge on any atom is -0.477 e. The first-order valence-corrected chi connectivity index (χ1v) is 8.94. The lowest BCUT2D eigenvalue weighted by atomic mass is 9.99. The van der Waals surface area contributed by atoms with E-state index in [-0.39, 0.29) is 11.6 Å². The molecular weight excluding hydrogens is 340 g/mol. The van der Waals surface area contributed by atoms with Gasteiger partial charge < -0.3 is 9.64 Å². The van der Waals surface area contributed by atoms with E-state index in [0.29, 0.717) is 6.61 Å². The fourth-order valence-electron chi connectivity index (χ4n) is 3.02. The third-order valence-corrected chi connectivity index (χ3v) is 4.67. The zero-order chi connectivity index (χ0) is 18.5. The summed E-state index contributed by atoms with van der Waals surface area (Å²) in [6, 6.07) is 5.99. The Kier molecular flexibility index (Phi) is 5.98. The number of benzene rings is 1. The average molecular weight is 363 g/mol. The Morgan fingerprint density at radius 2 is 1.92 bits per heavy atom. The lowest BCUT2D eigenvalue weighted by Crippen LogP contribution is -2.34. The molecule has 1 fully saturated rings. The molecule has 0 unspecified atom stereocenters. The van der Waals surface area contributed by atoms with Crippen LogP contribution < -0.4 is 10.3 Å². The molecule has 0 bridgehead atoms. The van der Waals surface area contributed by atoms with Crippen LogP contribution in [0.3, 0.4) is 0 Å². The van der Waals surface area contributed by atoms with E-state index in [0.717, 1.165) is 48.8 Å². The predicted octanol–water partition coefficient (Wildman–Crippen LogP) is 3.01. The minimum atomic E-state index is -1.03. The van der Waals surface area contributed by atoms with Gasteiger partial charge in [-0.05, 0) is 50.4 Å². The molecule has 0 aliphatic carbocycles. The van der Waals surface area contributed by atoms with E-state index in [1.54, 1.807) is 0 Å². The van der Waals surface area contributed by atoms with E-state index in [2.05, 4.69) is 16.9 Å². The maximum atomic E-state index is 13.4. The topological polar surface area (TPSA) is 47.4 Å². The van der Waals surface area contributed by atoms with Gasteiger partial charge in [0.15, 0.2) is 11.6 Å². The zero-order valence-electron chi connectivity index (χ0n) is 14.8. The van der Waals surface area contributed by atoms with Crippen molar-refractivity contribution < 1.29 is 13.5 Å². The molecule has 2 aromatic rings. The van der Waals surface area contributed by atoms with Gasteiger partial charge in [-0.25, -0.2) is 8.78 Å². The first kappa shape index (κ1) is 18.5. The van der Waals surface area contributed by atoms with Gasteiger partial charge >= 0.3 is 0 Å². The van der Waals surface area contributed by atoms with Crippen molar-refractivity contribution >= 4 is 0 Å². The van der Waals surface area contributed by atoms with Crippen molar-refractivity contribution in [2.75, 3.05) is 26.2 Å². The van der Waals surface area contributed by atoms with E-state index in [1.165, 1.54) is 31.0 Å². The van der Waals surface area contributed by atoms with Gasteiger partial charge in [0.1, 0.15) is 0 Å². The highest BCUT2D eigenvalue weighted by molar-refractivity contribution is 5.32. The highest BCUT2D eigenvalue weighted by Gasteiger charge is 2.15. The smallest absolute Gasteiger partial charge is 0.271 e. The van der Waals surface area contributed by atoms with Crippen molar-refractivity contribution in [1.82, 2.24) is 14.7 Å². The number of piperidine rings is 1. The molecule has 0 amide bonds. The van der Waals surface area contributed by atoms with Crippen molar-refractivity contribution in [3.8, 4) is 11.6 Å². The van der Waals surface area contributed by atoms with E-state index in [9.17, 15) is 13.6 Å². The molecule has 5 nitrogen and oxygen atoms in total. The molecule has 1 aromatic heterocycles. The van der Waals surface area contributed by atoms with Crippen molar-refractivity contribution in [2.45, 2.75) is 26.2 Å². The summed E-state index contributed by atoms with van der Waals surface area (Å²) in [4.78, 5) is 14.4. The number of nitrogens with zero attached hydrogens (tertiary/aromatic N) is 3. The maximum absolute atomic E-state index is 13.4. The maximum Gasteiger partial charge on any atom is 0.271 e. The second-order valence-corrected chi connectivity index (χ2v) is 6.75.